The van der Waals surface area contributed by atoms with Crippen LogP contribution in [0.1, 0.15) is 48.4 Å². The molecule has 1 aliphatic rings. The molecule has 1 saturated carbocycles. The molecule has 0 aliphatic heterocycles. The molecular weight excluding hydrogens is 274 g/mol. The highest BCUT2D eigenvalue weighted by Crippen LogP contribution is 2.39. The summed E-state index contributed by atoms with van der Waals surface area (Å²) < 4.78 is 0. The van der Waals surface area contributed by atoms with Crippen LogP contribution in [0.2, 0.25) is 0 Å². The standard InChI is InChI=1S/C19H23NS/c1-14(16-9-11-19(21-2)12-10-16)20-13-15-3-5-17(6-4-15)18-7-8-18/h3-6,9-12,14,18,20H,7-8,13H2,1-2H3. The van der Waals surface area contributed by atoms with E-state index in [4.69, 9.17) is 0 Å². The zero-order valence-corrected chi connectivity index (χ0v) is 13.6. The van der Waals surface area contributed by atoms with Crippen molar-refractivity contribution in [3.05, 3.63) is 65.2 Å². The van der Waals surface area contributed by atoms with Crippen molar-refractivity contribution in [2.24, 2.45) is 0 Å². The van der Waals surface area contributed by atoms with E-state index < -0.39 is 0 Å². The van der Waals surface area contributed by atoms with Gasteiger partial charge in [0.15, 0.2) is 0 Å². The number of benzene rings is 2. The largest absolute Gasteiger partial charge is 0.306 e. The van der Waals surface area contributed by atoms with Crippen LogP contribution < -0.4 is 5.32 Å². The molecule has 1 N–H and O–H groups in total. The van der Waals surface area contributed by atoms with Gasteiger partial charge in [-0.1, -0.05) is 36.4 Å². The maximum Gasteiger partial charge on any atom is 0.0294 e. The van der Waals surface area contributed by atoms with Crippen LogP contribution in [0.3, 0.4) is 0 Å². The van der Waals surface area contributed by atoms with Crippen molar-refractivity contribution in [2.45, 2.75) is 43.2 Å². The second-order valence-corrected chi connectivity index (χ2v) is 6.77. The first-order valence-corrected chi connectivity index (χ1v) is 8.95. The molecule has 0 amide bonds. The molecule has 1 fully saturated rings. The van der Waals surface area contributed by atoms with Crippen molar-refractivity contribution in [1.82, 2.24) is 5.32 Å². The van der Waals surface area contributed by atoms with E-state index in [1.165, 1.54) is 34.4 Å². The fourth-order valence-electron chi connectivity index (χ4n) is 2.61. The van der Waals surface area contributed by atoms with E-state index in [0.717, 1.165) is 12.5 Å². The Kier molecular flexibility index (Phi) is 4.67. The van der Waals surface area contributed by atoms with E-state index in [1.54, 1.807) is 11.8 Å². The van der Waals surface area contributed by atoms with E-state index in [9.17, 15) is 0 Å². The molecule has 0 saturated heterocycles. The Labute approximate surface area is 132 Å². The average molecular weight is 297 g/mol. The molecule has 2 aromatic carbocycles. The maximum atomic E-state index is 3.61. The second kappa shape index (κ2) is 6.67. The Bertz CT molecular complexity index is 570. The molecule has 1 atom stereocenters. The summed E-state index contributed by atoms with van der Waals surface area (Å²) in [6, 6.07) is 18.3. The minimum Gasteiger partial charge on any atom is -0.306 e. The van der Waals surface area contributed by atoms with Gasteiger partial charge in [-0.2, -0.15) is 0 Å². The third kappa shape index (κ3) is 3.90. The highest BCUT2D eigenvalue weighted by Gasteiger charge is 2.22. The molecule has 0 radical (unpaired) electrons. The zero-order chi connectivity index (χ0) is 14.7. The van der Waals surface area contributed by atoms with Gasteiger partial charge in [-0.3, -0.25) is 0 Å². The van der Waals surface area contributed by atoms with Gasteiger partial charge in [0.25, 0.3) is 0 Å². The molecule has 1 unspecified atom stereocenters. The predicted molar refractivity (Wildman–Crippen MR) is 91.9 cm³/mol. The molecule has 2 aromatic rings. The summed E-state index contributed by atoms with van der Waals surface area (Å²) in [4.78, 5) is 1.32. The van der Waals surface area contributed by atoms with Crippen molar-refractivity contribution in [1.29, 1.82) is 0 Å². The predicted octanol–water partition coefficient (Wildman–Crippen LogP) is 5.14. The lowest BCUT2D eigenvalue weighted by Gasteiger charge is -2.15. The van der Waals surface area contributed by atoms with Crippen molar-refractivity contribution < 1.29 is 0 Å². The van der Waals surface area contributed by atoms with Crippen LogP contribution in [-0.4, -0.2) is 6.26 Å². The van der Waals surface area contributed by atoms with Crippen LogP contribution in [0.5, 0.6) is 0 Å². The third-order valence-corrected chi connectivity index (χ3v) is 5.00. The summed E-state index contributed by atoms with van der Waals surface area (Å²) in [6.45, 7) is 3.16. The van der Waals surface area contributed by atoms with Gasteiger partial charge < -0.3 is 5.32 Å². The number of thioether (sulfide) groups is 1. The van der Waals surface area contributed by atoms with Crippen LogP contribution in [0.15, 0.2) is 53.4 Å². The van der Waals surface area contributed by atoms with Crippen LogP contribution in [-0.2, 0) is 6.54 Å². The molecular formula is C19H23NS. The summed E-state index contributed by atoms with van der Waals surface area (Å²) in [5.74, 6) is 0.848. The summed E-state index contributed by atoms with van der Waals surface area (Å²) in [6.07, 6.45) is 4.86. The molecule has 110 valence electrons. The summed E-state index contributed by atoms with van der Waals surface area (Å²) in [5.41, 5.74) is 4.23. The van der Waals surface area contributed by atoms with E-state index in [1.807, 2.05) is 0 Å². The van der Waals surface area contributed by atoms with Crippen LogP contribution in [0.4, 0.5) is 0 Å². The van der Waals surface area contributed by atoms with Crippen molar-refractivity contribution >= 4 is 11.8 Å². The van der Waals surface area contributed by atoms with E-state index in [-0.39, 0.29) is 0 Å². The van der Waals surface area contributed by atoms with Crippen LogP contribution >= 0.6 is 11.8 Å². The van der Waals surface area contributed by atoms with Gasteiger partial charge >= 0.3 is 0 Å². The first kappa shape index (κ1) is 14.7. The molecule has 2 heteroatoms. The van der Waals surface area contributed by atoms with Gasteiger partial charge in [0.05, 0.1) is 0 Å². The summed E-state index contributed by atoms with van der Waals surface area (Å²) in [5, 5.41) is 3.61. The van der Waals surface area contributed by atoms with Gasteiger partial charge in [0, 0.05) is 17.5 Å². The molecule has 0 heterocycles. The highest BCUT2D eigenvalue weighted by molar-refractivity contribution is 7.98. The zero-order valence-electron chi connectivity index (χ0n) is 12.8. The monoisotopic (exact) mass is 297 g/mol. The first-order valence-electron chi connectivity index (χ1n) is 7.72. The topological polar surface area (TPSA) is 12.0 Å². The second-order valence-electron chi connectivity index (χ2n) is 5.89. The lowest BCUT2D eigenvalue weighted by Crippen LogP contribution is -2.17. The molecule has 0 spiro atoms. The van der Waals surface area contributed by atoms with E-state index in [0.29, 0.717) is 6.04 Å². The Morgan fingerprint density at radius 1 is 1.05 bits per heavy atom. The Morgan fingerprint density at radius 2 is 1.71 bits per heavy atom. The minimum atomic E-state index is 0.379. The lowest BCUT2D eigenvalue weighted by molar-refractivity contribution is 0.574. The van der Waals surface area contributed by atoms with Gasteiger partial charge in [-0.15, -0.1) is 11.8 Å². The van der Waals surface area contributed by atoms with Crippen LogP contribution in [0, 0.1) is 0 Å². The molecule has 21 heavy (non-hydrogen) atoms. The molecule has 1 nitrogen and oxygen atoms in total. The smallest absolute Gasteiger partial charge is 0.0294 e. The number of rotatable bonds is 6. The molecule has 1 aliphatic carbocycles. The normalized spacial score (nSPS) is 15.9. The highest BCUT2D eigenvalue weighted by atomic mass is 32.2. The van der Waals surface area contributed by atoms with Gasteiger partial charge in [0.2, 0.25) is 0 Å². The Morgan fingerprint density at radius 3 is 2.29 bits per heavy atom. The SMILES string of the molecule is CSc1ccc(C(C)NCc2ccc(C3CC3)cc2)cc1. The number of hydrogen-bond acceptors (Lipinski definition) is 2. The number of hydrogen-bond donors (Lipinski definition) is 1. The maximum absolute atomic E-state index is 3.61. The molecule has 0 bridgehead atoms. The van der Waals surface area contributed by atoms with Gasteiger partial charge in [-0.05, 0) is 60.8 Å². The summed E-state index contributed by atoms with van der Waals surface area (Å²) >= 11 is 1.79. The van der Waals surface area contributed by atoms with Crippen molar-refractivity contribution in [3.8, 4) is 0 Å². The van der Waals surface area contributed by atoms with Crippen molar-refractivity contribution in [2.75, 3.05) is 6.26 Å². The van der Waals surface area contributed by atoms with Crippen molar-refractivity contribution in [3.63, 3.8) is 0 Å². The first-order chi connectivity index (χ1) is 10.3. The average Bonchev–Trinajstić information content (AvgIpc) is 3.38. The fraction of sp³-hybridized carbons (Fsp3) is 0.368. The fourth-order valence-corrected chi connectivity index (χ4v) is 3.01. The minimum absolute atomic E-state index is 0.379. The molecule has 0 aromatic heterocycles. The summed E-state index contributed by atoms with van der Waals surface area (Å²) in [7, 11) is 0. The van der Waals surface area contributed by atoms with E-state index >= 15 is 0 Å². The Hall–Kier alpha value is -1.25. The lowest BCUT2D eigenvalue weighted by atomic mass is 10.1. The quantitative estimate of drug-likeness (QED) is 0.741. The van der Waals surface area contributed by atoms with Crippen LogP contribution in [0.25, 0.3) is 0 Å². The van der Waals surface area contributed by atoms with Gasteiger partial charge in [-0.25, -0.2) is 0 Å². The van der Waals surface area contributed by atoms with Gasteiger partial charge in [0.1, 0.15) is 0 Å². The Balaban J connectivity index is 1.55. The number of nitrogens with one attached hydrogen (secondary N) is 1. The third-order valence-electron chi connectivity index (χ3n) is 4.26. The molecule has 3 rings (SSSR count). The van der Waals surface area contributed by atoms with E-state index in [2.05, 4.69) is 67.0 Å².